The van der Waals surface area contributed by atoms with Gasteiger partial charge in [0.25, 0.3) is 0 Å². The highest BCUT2D eigenvalue weighted by atomic mass is 16.5. The van der Waals surface area contributed by atoms with Crippen LogP contribution in [-0.4, -0.2) is 42.7 Å². The predicted octanol–water partition coefficient (Wildman–Crippen LogP) is 3.76. The van der Waals surface area contributed by atoms with Crippen molar-refractivity contribution in [1.29, 1.82) is 0 Å². The number of rotatable bonds is 5. The monoisotopic (exact) mass is 442 g/mol. The van der Waals surface area contributed by atoms with Crippen molar-refractivity contribution in [2.24, 2.45) is 5.92 Å². The molecule has 1 atom stereocenters. The maximum atomic E-state index is 12.2. The van der Waals surface area contributed by atoms with E-state index in [0.717, 1.165) is 64.7 Å². The predicted molar refractivity (Wildman–Crippen MR) is 127 cm³/mol. The van der Waals surface area contributed by atoms with E-state index in [1.807, 2.05) is 25.2 Å². The number of methoxy groups -OCH3 is 1. The van der Waals surface area contributed by atoms with Gasteiger partial charge in [0, 0.05) is 48.8 Å². The molecule has 1 aliphatic carbocycles. The van der Waals surface area contributed by atoms with Crippen molar-refractivity contribution in [2.75, 3.05) is 31.4 Å². The van der Waals surface area contributed by atoms with Crippen LogP contribution in [0.1, 0.15) is 36.0 Å². The smallest absolute Gasteiger partial charge is 0.228 e. The molecular weight excluding hydrogens is 416 g/mol. The van der Waals surface area contributed by atoms with Gasteiger partial charge in [-0.3, -0.25) is 4.79 Å². The van der Waals surface area contributed by atoms with Crippen LogP contribution in [-0.2, 0) is 16.0 Å². The van der Waals surface area contributed by atoms with E-state index in [2.05, 4.69) is 38.5 Å². The summed E-state index contributed by atoms with van der Waals surface area (Å²) in [5, 5.41) is 7.77. The number of amides is 1. The molecule has 0 unspecified atom stereocenters. The lowest BCUT2D eigenvalue weighted by atomic mass is 10.00. The summed E-state index contributed by atoms with van der Waals surface area (Å²) in [6.45, 7) is 0.599. The van der Waals surface area contributed by atoms with Gasteiger partial charge in [0.2, 0.25) is 5.91 Å². The van der Waals surface area contributed by atoms with Crippen LogP contribution in [0.2, 0.25) is 0 Å². The molecule has 33 heavy (non-hydrogen) atoms. The summed E-state index contributed by atoms with van der Waals surface area (Å²) in [6, 6.07) is 7.92. The Morgan fingerprint density at radius 1 is 1.15 bits per heavy atom. The Hall–Kier alpha value is -3.63. The quantitative estimate of drug-likeness (QED) is 0.586. The van der Waals surface area contributed by atoms with Crippen molar-refractivity contribution in [3.63, 3.8) is 0 Å². The normalized spacial score (nSPS) is 16.8. The lowest BCUT2D eigenvalue weighted by Crippen LogP contribution is -2.27. The Balaban J connectivity index is 1.45. The summed E-state index contributed by atoms with van der Waals surface area (Å²) in [6.07, 6.45) is 7.35. The zero-order valence-electron chi connectivity index (χ0n) is 18.8. The van der Waals surface area contributed by atoms with E-state index in [1.165, 1.54) is 0 Å². The van der Waals surface area contributed by atoms with Crippen LogP contribution in [0, 0.1) is 17.8 Å². The van der Waals surface area contributed by atoms with Crippen molar-refractivity contribution in [3.05, 3.63) is 53.3 Å². The average Bonchev–Trinajstić information content (AvgIpc) is 3.68. The third kappa shape index (κ3) is 4.62. The van der Waals surface area contributed by atoms with Crippen LogP contribution < -0.4 is 15.4 Å². The fraction of sp³-hybridized carbons (Fsp3) is 0.346. The number of pyridine rings is 2. The minimum absolute atomic E-state index is 0.0291. The third-order valence-corrected chi connectivity index (χ3v) is 5.99. The lowest BCUT2D eigenvalue weighted by molar-refractivity contribution is -0.117. The van der Waals surface area contributed by atoms with Gasteiger partial charge in [0.1, 0.15) is 23.5 Å². The number of fused-ring (bicyclic) bond motifs is 2. The molecule has 168 valence electrons. The van der Waals surface area contributed by atoms with Crippen LogP contribution in [0.25, 0.3) is 10.8 Å². The zero-order chi connectivity index (χ0) is 22.8. The van der Waals surface area contributed by atoms with Crippen molar-refractivity contribution in [1.82, 2.24) is 9.97 Å². The molecule has 2 aromatic heterocycles. The first-order valence-electron chi connectivity index (χ1n) is 11.2. The first kappa shape index (κ1) is 21.2. The Morgan fingerprint density at radius 2 is 2.03 bits per heavy atom. The van der Waals surface area contributed by atoms with Crippen LogP contribution in [0.3, 0.4) is 0 Å². The van der Waals surface area contributed by atoms with E-state index in [1.54, 1.807) is 19.5 Å². The number of hydrogen-bond acceptors (Lipinski definition) is 6. The van der Waals surface area contributed by atoms with Gasteiger partial charge in [-0.1, -0.05) is 11.8 Å². The molecule has 1 aromatic carbocycles. The van der Waals surface area contributed by atoms with Gasteiger partial charge in [-0.25, -0.2) is 9.97 Å². The lowest BCUT2D eigenvalue weighted by Gasteiger charge is -2.25. The SMILES string of the molecule is CNc1ncc(C#Cc2ccc3c(c2)CC[C@H](COC)O3)c2cc(NC(=O)C3CC3)ncc12. The van der Waals surface area contributed by atoms with E-state index in [9.17, 15) is 4.79 Å². The van der Waals surface area contributed by atoms with Crippen LogP contribution >= 0.6 is 0 Å². The van der Waals surface area contributed by atoms with Gasteiger partial charge >= 0.3 is 0 Å². The Labute approximate surface area is 192 Å². The standard InChI is InChI=1S/C26H26N4O3/c1-27-25-22-14-28-24(30-26(31)17-6-7-17)12-21(22)19(13-29-25)5-3-16-4-10-23-18(11-16)8-9-20(33-23)15-32-2/h4,10-14,17,20H,6-9,15H2,1-2H3,(H,27,29)(H,28,30,31)/t20-/m1/s1. The molecule has 0 saturated heterocycles. The number of aryl methyl sites for hydroxylation is 1. The zero-order valence-corrected chi connectivity index (χ0v) is 18.8. The highest BCUT2D eigenvalue weighted by molar-refractivity contribution is 5.99. The van der Waals surface area contributed by atoms with Gasteiger partial charge in [0.15, 0.2) is 0 Å². The second-order valence-electron chi connectivity index (χ2n) is 8.46. The molecule has 1 fully saturated rings. The molecule has 3 heterocycles. The molecule has 0 radical (unpaired) electrons. The van der Waals surface area contributed by atoms with Gasteiger partial charge in [-0.05, 0) is 55.5 Å². The third-order valence-electron chi connectivity index (χ3n) is 5.99. The van der Waals surface area contributed by atoms with Gasteiger partial charge in [-0.2, -0.15) is 0 Å². The Kier molecular flexibility index (Phi) is 5.84. The van der Waals surface area contributed by atoms with E-state index in [0.29, 0.717) is 12.4 Å². The highest BCUT2D eigenvalue weighted by Crippen LogP contribution is 2.31. The minimum Gasteiger partial charge on any atom is -0.488 e. The summed E-state index contributed by atoms with van der Waals surface area (Å²) in [4.78, 5) is 21.1. The molecule has 5 rings (SSSR count). The van der Waals surface area contributed by atoms with Gasteiger partial charge in [0.05, 0.1) is 12.2 Å². The minimum atomic E-state index is 0.0291. The molecule has 0 bridgehead atoms. The topological polar surface area (TPSA) is 85.4 Å². The van der Waals surface area contributed by atoms with Crippen LogP contribution in [0.15, 0.2) is 36.7 Å². The van der Waals surface area contributed by atoms with Crippen molar-refractivity contribution >= 4 is 28.3 Å². The molecular formula is C26H26N4O3. The molecule has 2 aliphatic rings. The van der Waals surface area contributed by atoms with E-state index >= 15 is 0 Å². The number of anilines is 2. The number of carbonyl (C=O) groups excluding carboxylic acids is 1. The number of carbonyl (C=O) groups is 1. The van der Waals surface area contributed by atoms with E-state index in [4.69, 9.17) is 9.47 Å². The first-order valence-corrected chi connectivity index (χ1v) is 11.2. The number of benzene rings is 1. The van der Waals surface area contributed by atoms with Crippen molar-refractivity contribution in [3.8, 4) is 17.6 Å². The second kappa shape index (κ2) is 9.08. The largest absolute Gasteiger partial charge is 0.488 e. The molecule has 1 amide bonds. The molecule has 7 nitrogen and oxygen atoms in total. The first-order chi connectivity index (χ1) is 16.1. The van der Waals surface area contributed by atoms with Crippen LogP contribution in [0.5, 0.6) is 5.75 Å². The van der Waals surface area contributed by atoms with Crippen LogP contribution in [0.4, 0.5) is 11.6 Å². The second-order valence-corrected chi connectivity index (χ2v) is 8.46. The maximum Gasteiger partial charge on any atom is 0.228 e. The van der Waals surface area contributed by atoms with Crippen molar-refractivity contribution < 1.29 is 14.3 Å². The molecule has 1 aliphatic heterocycles. The molecule has 3 aromatic rings. The number of hydrogen-bond donors (Lipinski definition) is 2. The number of aromatic nitrogens is 2. The molecule has 7 heteroatoms. The number of nitrogens with one attached hydrogen (secondary N) is 2. The number of nitrogens with zero attached hydrogens (tertiary/aromatic N) is 2. The Bertz CT molecular complexity index is 1270. The maximum absolute atomic E-state index is 12.2. The van der Waals surface area contributed by atoms with Gasteiger partial charge in [-0.15, -0.1) is 0 Å². The summed E-state index contributed by atoms with van der Waals surface area (Å²) in [5.41, 5.74) is 2.86. The molecule has 0 spiro atoms. The summed E-state index contributed by atoms with van der Waals surface area (Å²) < 4.78 is 11.2. The highest BCUT2D eigenvalue weighted by Gasteiger charge is 2.29. The average molecular weight is 443 g/mol. The Morgan fingerprint density at radius 3 is 2.82 bits per heavy atom. The summed E-state index contributed by atoms with van der Waals surface area (Å²) in [5.74, 6) is 8.84. The fourth-order valence-electron chi connectivity index (χ4n) is 4.04. The van der Waals surface area contributed by atoms with E-state index < -0.39 is 0 Å². The summed E-state index contributed by atoms with van der Waals surface area (Å²) in [7, 11) is 3.52. The molecule has 2 N–H and O–H groups in total. The molecule has 1 saturated carbocycles. The van der Waals surface area contributed by atoms with Gasteiger partial charge < -0.3 is 20.1 Å². The van der Waals surface area contributed by atoms with E-state index in [-0.39, 0.29) is 17.9 Å². The number of ether oxygens (including phenoxy) is 2. The van der Waals surface area contributed by atoms with Crippen molar-refractivity contribution in [2.45, 2.75) is 31.8 Å². The summed E-state index contributed by atoms with van der Waals surface area (Å²) >= 11 is 0. The fourth-order valence-corrected chi connectivity index (χ4v) is 4.04.